The molecule has 2 aliphatic heterocycles. The largest absolute Gasteiger partial charge is 0.351 e. The molecule has 3 nitrogen and oxygen atoms in total. The van der Waals surface area contributed by atoms with Gasteiger partial charge in [0, 0.05) is 30.6 Å². The summed E-state index contributed by atoms with van der Waals surface area (Å²) in [6, 6.07) is 5.52. The Labute approximate surface area is 86.1 Å². The maximum absolute atomic E-state index is 13.0. The number of halogens is 1. The summed E-state index contributed by atoms with van der Waals surface area (Å²) < 4.78 is 13.0. The van der Waals surface area contributed by atoms with Crippen LogP contribution < -0.4 is 4.90 Å². The van der Waals surface area contributed by atoms with Crippen molar-refractivity contribution in [2.75, 3.05) is 11.4 Å². The van der Waals surface area contributed by atoms with E-state index in [9.17, 15) is 4.39 Å². The minimum atomic E-state index is -0.259. The molecule has 4 heteroatoms. The van der Waals surface area contributed by atoms with E-state index in [1.54, 1.807) is 0 Å². The Hall–Kier alpha value is -1.63. The van der Waals surface area contributed by atoms with Crippen LogP contribution in [0.4, 0.5) is 10.2 Å². The highest BCUT2D eigenvalue weighted by Crippen LogP contribution is 2.85. The predicted octanol–water partition coefficient (Wildman–Crippen LogP) is 1.18. The van der Waals surface area contributed by atoms with Gasteiger partial charge in [-0.05, 0) is 6.07 Å². The molecule has 4 fully saturated rings. The normalized spacial score (nSPS) is 43.5. The summed E-state index contributed by atoms with van der Waals surface area (Å²) in [6.45, 7) is 0.874. The Balaban J connectivity index is 1.70. The third kappa shape index (κ3) is 0.646. The molecule has 1 aromatic rings. The molecule has 1 unspecified atom stereocenters. The third-order valence-corrected chi connectivity index (χ3v) is 4.13. The lowest BCUT2D eigenvalue weighted by Crippen LogP contribution is -2.22. The van der Waals surface area contributed by atoms with Crippen molar-refractivity contribution in [3.8, 4) is 6.07 Å². The zero-order valence-electron chi connectivity index (χ0n) is 7.89. The first-order chi connectivity index (χ1) is 7.29. The number of aromatic nitrogens is 1. The van der Waals surface area contributed by atoms with Gasteiger partial charge in [0.15, 0.2) is 0 Å². The molecular formula is C11H8FN3. The molecule has 15 heavy (non-hydrogen) atoms. The Morgan fingerprint density at radius 1 is 1.67 bits per heavy atom. The van der Waals surface area contributed by atoms with Gasteiger partial charge in [-0.25, -0.2) is 9.37 Å². The van der Waals surface area contributed by atoms with E-state index >= 15 is 0 Å². The van der Waals surface area contributed by atoms with Gasteiger partial charge in [-0.2, -0.15) is 5.26 Å². The van der Waals surface area contributed by atoms with E-state index in [1.165, 1.54) is 18.3 Å². The second kappa shape index (κ2) is 1.99. The first-order valence-corrected chi connectivity index (χ1v) is 5.08. The van der Waals surface area contributed by atoms with E-state index in [4.69, 9.17) is 5.26 Å². The maximum atomic E-state index is 13.0. The number of anilines is 1. The van der Waals surface area contributed by atoms with E-state index in [0.717, 1.165) is 6.54 Å². The minimum Gasteiger partial charge on any atom is -0.351 e. The lowest BCUT2D eigenvalue weighted by Gasteiger charge is -2.16. The summed E-state index contributed by atoms with van der Waals surface area (Å²) in [5, 5.41) is 9.04. The van der Waals surface area contributed by atoms with E-state index in [-0.39, 0.29) is 11.2 Å². The number of hydrogen-bond acceptors (Lipinski definition) is 3. The predicted molar refractivity (Wildman–Crippen MR) is 50.4 cm³/mol. The van der Waals surface area contributed by atoms with Crippen LogP contribution in [0.1, 0.15) is 0 Å². The van der Waals surface area contributed by atoms with Crippen LogP contribution in [0, 0.1) is 34.4 Å². The van der Waals surface area contributed by atoms with Crippen molar-refractivity contribution in [1.82, 2.24) is 4.98 Å². The molecule has 2 aliphatic carbocycles. The van der Waals surface area contributed by atoms with Gasteiger partial charge < -0.3 is 4.90 Å². The van der Waals surface area contributed by atoms with E-state index in [0.29, 0.717) is 23.7 Å². The molecule has 2 saturated carbocycles. The second-order valence-corrected chi connectivity index (χ2v) is 4.61. The molecule has 0 N–H and O–H groups in total. The average molecular weight is 201 g/mol. The van der Waals surface area contributed by atoms with E-state index in [1.807, 2.05) is 0 Å². The van der Waals surface area contributed by atoms with Crippen molar-refractivity contribution in [2.45, 2.75) is 6.04 Å². The van der Waals surface area contributed by atoms with Gasteiger partial charge in [0.25, 0.3) is 0 Å². The SMILES string of the molecule is N#C[C@@]12C3[C@H]1[C@H]2CN3c1cc(F)ccn1. The van der Waals surface area contributed by atoms with Crippen LogP contribution in [-0.4, -0.2) is 17.6 Å². The first kappa shape index (κ1) is 7.63. The number of nitrogens with zero attached hydrogens (tertiary/aromatic N) is 3. The van der Waals surface area contributed by atoms with E-state index < -0.39 is 0 Å². The van der Waals surface area contributed by atoms with Crippen molar-refractivity contribution < 1.29 is 4.39 Å². The second-order valence-electron chi connectivity index (χ2n) is 4.61. The highest BCUT2D eigenvalue weighted by Gasteiger charge is 2.93. The maximum Gasteiger partial charge on any atom is 0.131 e. The van der Waals surface area contributed by atoms with Crippen LogP contribution in [0.25, 0.3) is 0 Å². The van der Waals surface area contributed by atoms with E-state index in [2.05, 4.69) is 16.0 Å². The third-order valence-electron chi connectivity index (χ3n) is 4.13. The van der Waals surface area contributed by atoms with Crippen LogP contribution in [0.15, 0.2) is 18.3 Å². The number of hydrogen-bond donors (Lipinski definition) is 0. The fourth-order valence-electron chi connectivity index (χ4n) is 3.30. The van der Waals surface area contributed by atoms with Gasteiger partial charge >= 0.3 is 0 Å². The molecule has 4 aliphatic rings. The van der Waals surface area contributed by atoms with Crippen molar-refractivity contribution in [2.24, 2.45) is 17.3 Å². The van der Waals surface area contributed by atoms with Gasteiger partial charge in [0.05, 0.1) is 17.5 Å². The zero-order chi connectivity index (χ0) is 10.2. The van der Waals surface area contributed by atoms with Crippen LogP contribution >= 0.6 is 0 Å². The van der Waals surface area contributed by atoms with Crippen LogP contribution in [-0.2, 0) is 0 Å². The standard InChI is InChI=1S/C11H8FN3/c12-6-1-2-14-8(3-6)15-4-7-9-10(15)11(7,9)5-13/h1-3,7,9-10H,4H2/t7-,9-,10?,11+/m1/s1. The van der Waals surface area contributed by atoms with Crippen molar-refractivity contribution in [1.29, 1.82) is 5.26 Å². The zero-order valence-corrected chi connectivity index (χ0v) is 7.89. The molecule has 5 rings (SSSR count). The molecular weight excluding hydrogens is 193 g/mol. The quantitative estimate of drug-likeness (QED) is 0.685. The highest BCUT2D eigenvalue weighted by atomic mass is 19.1. The molecule has 74 valence electrons. The number of rotatable bonds is 1. The summed E-state index contributed by atoms with van der Waals surface area (Å²) in [6.07, 6.45) is 1.48. The summed E-state index contributed by atoms with van der Waals surface area (Å²) >= 11 is 0. The Kier molecular flexibility index (Phi) is 1.01. The fourth-order valence-corrected chi connectivity index (χ4v) is 3.30. The average Bonchev–Trinajstić information content (AvgIpc) is 2.96. The number of piperidine rings is 1. The van der Waals surface area contributed by atoms with Gasteiger partial charge in [-0.1, -0.05) is 0 Å². The monoisotopic (exact) mass is 201 g/mol. The molecule has 2 saturated heterocycles. The highest BCUT2D eigenvalue weighted by molar-refractivity contribution is 5.62. The van der Waals surface area contributed by atoms with Gasteiger partial charge in [-0.3, -0.25) is 0 Å². The minimum absolute atomic E-state index is 0.0754. The Bertz CT molecular complexity index is 503. The topological polar surface area (TPSA) is 39.9 Å². The van der Waals surface area contributed by atoms with Crippen LogP contribution in [0.3, 0.4) is 0 Å². The summed E-state index contributed by atoms with van der Waals surface area (Å²) in [4.78, 5) is 6.24. The number of fused-ring (bicyclic) bond motifs is 1. The summed E-state index contributed by atoms with van der Waals surface area (Å²) in [5.74, 6) is 1.50. The van der Waals surface area contributed by atoms with Crippen molar-refractivity contribution in [3.63, 3.8) is 0 Å². The smallest absolute Gasteiger partial charge is 0.131 e. The van der Waals surface area contributed by atoms with Gasteiger partial charge in [0.2, 0.25) is 0 Å². The van der Waals surface area contributed by atoms with Crippen molar-refractivity contribution >= 4 is 5.82 Å². The lowest BCUT2D eigenvalue weighted by atomic mass is 10.1. The lowest BCUT2D eigenvalue weighted by molar-refractivity contribution is 0.623. The molecule has 4 atom stereocenters. The van der Waals surface area contributed by atoms with Crippen LogP contribution in [0.5, 0.6) is 0 Å². The molecule has 2 bridgehead atoms. The first-order valence-electron chi connectivity index (χ1n) is 5.08. The Morgan fingerprint density at radius 2 is 2.53 bits per heavy atom. The number of pyridine rings is 1. The molecule has 0 spiro atoms. The molecule has 1 aromatic heterocycles. The molecule has 0 aromatic carbocycles. The molecule has 3 heterocycles. The van der Waals surface area contributed by atoms with Crippen LogP contribution in [0.2, 0.25) is 0 Å². The summed E-state index contributed by atoms with van der Waals surface area (Å²) in [7, 11) is 0. The summed E-state index contributed by atoms with van der Waals surface area (Å²) in [5.41, 5.74) is -0.0754. The van der Waals surface area contributed by atoms with Gasteiger partial charge in [0.1, 0.15) is 11.6 Å². The number of nitriles is 1. The Morgan fingerprint density at radius 3 is 3.13 bits per heavy atom. The fraction of sp³-hybridized carbons (Fsp3) is 0.455. The van der Waals surface area contributed by atoms with Gasteiger partial charge in [-0.15, -0.1) is 0 Å². The molecule has 0 amide bonds. The molecule has 0 radical (unpaired) electrons. The van der Waals surface area contributed by atoms with Crippen molar-refractivity contribution in [3.05, 3.63) is 24.1 Å².